The van der Waals surface area contributed by atoms with Crippen LogP contribution in [0.25, 0.3) is 10.9 Å². The molecule has 1 fully saturated rings. The van der Waals surface area contributed by atoms with Crippen LogP contribution in [-0.4, -0.2) is 66.4 Å². The molecule has 8 heteroatoms. The number of ether oxygens (including phenoxy) is 2. The average molecular weight is 495 g/mol. The quantitative estimate of drug-likeness (QED) is 0.440. The summed E-state index contributed by atoms with van der Waals surface area (Å²) in [6.07, 6.45) is 0.949. The van der Waals surface area contributed by atoms with Crippen molar-refractivity contribution >= 4 is 28.2 Å². The minimum Gasteiger partial charge on any atom is -0.497 e. The maximum Gasteiger partial charge on any atom is 0.253 e. The first-order valence-electron chi connectivity index (χ1n) is 12.1. The lowest BCUT2D eigenvalue weighted by atomic mass is 10.1. The van der Waals surface area contributed by atoms with Gasteiger partial charge in [-0.25, -0.2) is 0 Å². The minimum absolute atomic E-state index is 0.0628. The molecule has 1 aliphatic heterocycles. The summed E-state index contributed by atoms with van der Waals surface area (Å²) in [6.45, 7) is 7.76. The average Bonchev–Trinajstić information content (AvgIpc) is 2.89. The summed E-state index contributed by atoms with van der Waals surface area (Å²) in [5.41, 5.74) is 2.50. The van der Waals surface area contributed by atoms with Crippen LogP contribution in [0.5, 0.6) is 5.75 Å². The van der Waals surface area contributed by atoms with Crippen LogP contribution in [0.4, 0.5) is 0 Å². The van der Waals surface area contributed by atoms with Crippen molar-refractivity contribution in [3.05, 3.63) is 76.1 Å². The minimum atomic E-state index is -0.108. The van der Waals surface area contributed by atoms with Gasteiger partial charge in [0, 0.05) is 37.8 Å². The summed E-state index contributed by atoms with van der Waals surface area (Å²) in [4.78, 5) is 20.5. The first-order chi connectivity index (χ1) is 17.0. The molecule has 35 heavy (non-hydrogen) atoms. The molecular weight excluding hydrogens is 460 g/mol. The zero-order valence-corrected chi connectivity index (χ0v) is 21.3. The number of fused-ring (bicyclic) bond motifs is 1. The second-order valence-corrected chi connectivity index (χ2v) is 9.27. The van der Waals surface area contributed by atoms with Crippen LogP contribution in [0.15, 0.2) is 59.4 Å². The summed E-state index contributed by atoms with van der Waals surface area (Å²) >= 11 is 5.85. The molecular formula is C27H34N4O3S. The summed E-state index contributed by atoms with van der Waals surface area (Å²) < 4.78 is 10.8. The summed E-state index contributed by atoms with van der Waals surface area (Å²) in [5, 5.41) is 5.09. The Morgan fingerprint density at radius 2 is 1.97 bits per heavy atom. The van der Waals surface area contributed by atoms with Gasteiger partial charge in [-0.1, -0.05) is 30.3 Å². The van der Waals surface area contributed by atoms with Gasteiger partial charge in [-0.15, -0.1) is 0 Å². The van der Waals surface area contributed by atoms with Gasteiger partial charge in [-0.05, 0) is 54.7 Å². The van der Waals surface area contributed by atoms with E-state index in [0.29, 0.717) is 23.0 Å². The predicted octanol–water partition coefficient (Wildman–Crippen LogP) is 3.70. The Kier molecular flexibility index (Phi) is 8.74. The van der Waals surface area contributed by atoms with Crippen molar-refractivity contribution in [2.24, 2.45) is 0 Å². The number of hydrogen-bond acceptors (Lipinski definition) is 5. The number of rotatable bonds is 9. The van der Waals surface area contributed by atoms with Crippen molar-refractivity contribution in [3.63, 3.8) is 0 Å². The van der Waals surface area contributed by atoms with E-state index in [9.17, 15) is 4.79 Å². The van der Waals surface area contributed by atoms with Crippen LogP contribution < -0.4 is 15.6 Å². The molecule has 1 aliphatic rings. The molecule has 3 aromatic rings. The SMILES string of the molecule is COc1ccc2cc(CN(CCCN3CCOCC3)C(=S)NC(C)c3ccccc3)c(=O)[nH]c2c1. The Labute approximate surface area is 212 Å². The van der Waals surface area contributed by atoms with Gasteiger partial charge in [-0.2, -0.15) is 0 Å². The molecule has 186 valence electrons. The Balaban J connectivity index is 1.50. The summed E-state index contributed by atoms with van der Waals surface area (Å²) in [6, 6.07) is 18.0. The number of aromatic nitrogens is 1. The normalized spacial score (nSPS) is 15.0. The van der Waals surface area contributed by atoms with Gasteiger partial charge in [0.2, 0.25) is 0 Å². The van der Waals surface area contributed by atoms with Crippen molar-refractivity contribution < 1.29 is 9.47 Å². The third-order valence-electron chi connectivity index (χ3n) is 6.42. The van der Waals surface area contributed by atoms with E-state index in [1.807, 2.05) is 42.5 Å². The van der Waals surface area contributed by atoms with Crippen LogP contribution in [0.3, 0.4) is 0 Å². The monoisotopic (exact) mass is 494 g/mol. The Bertz CT molecular complexity index is 1180. The lowest BCUT2D eigenvalue weighted by Crippen LogP contribution is -2.43. The lowest BCUT2D eigenvalue weighted by Gasteiger charge is -2.30. The molecule has 7 nitrogen and oxygen atoms in total. The fourth-order valence-corrected chi connectivity index (χ4v) is 4.67. The number of morpholine rings is 1. The van der Waals surface area contributed by atoms with Crippen molar-refractivity contribution in [1.82, 2.24) is 20.1 Å². The van der Waals surface area contributed by atoms with E-state index in [4.69, 9.17) is 21.7 Å². The molecule has 1 unspecified atom stereocenters. The number of nitrogens with one attached hydrogen (secondary N) is 2. The maximum absolute atomic E-state index is 12.9. The zero-order chi connectivity index (χ0) is 24.6. The molecule has 2 aromatic carbocycles. The highest BCUT2D eigenvalue weighted by molar-refractivity contribution is 7.80. The molecule has 0 aliphatic carbocycles. The molecule has 0 saturated carbocycles. The Morgan fingerprint density at radius 3 is 2.71 bits per heavy atom. The first-order valence-corrected chi connectivity index (χ1v) is 12.5. The highest BCUT2D eigenvalue weighted by atomic mass is 32.1. The van der Waals surface area contributed by atoms with Crippen LogP contribution in [0.2, 0.25) is 0 Å². The van der Waals surface area contributed by atoms with Crippen LogP contribution in [0, 0.1) is 0 Å². The number of methoxy groups -OCH3 is 1. The second-order valence-electron chi connectivity index (χ2n) is 8.89. The van der Waals surface area contributed by atoms with Crippen molar-refractivity contribution in [2.75, 3.05) is 46.5 Å². The molecule has 1 saturated heterocycles. The highest BCUT2D eigenvalue weighted by Gasteiger charge is 2.17. The first kappa shape index (κ1) is 25.2. The number of thiocarbonyl (C=S) groups is 1. The Morgan fingerprint density at radius 1 is 1.20 bits per heavy atom. The molecule has 2 heterocycles. The molecule has 1 aromatic heterocycles. The van der Waals surface area contributed by atoms with Gasteiger partial charge in [0.05, 0.1) is 38.4 Å². The van der Waals surface area contributed by atoms with E-state index in [0.717, 1.165) is 56.7 Å². The van der Waals surface area contributed by atoms with Gasteiger partial charge in [-0.3, -0.25) is 9.69 Å². The van der Waals surface area contributed by atoms with E-state index < -0.39 is 0 Å². The second kappa shape index (κ2) is 12.2. The lowest BCUT2D eigenvalue weighted by molar-refractivity contribution is 0.0367. The van der Waals surface area contributed by atoms with E-state index in [-0.39, 0.29) is 11.6 Å². The summed E-state index contributed by atoms with van der Waals surface area (Å²) in [7, 11) is 1.62. The zero-order valence-electron chi connectivity index (χ0n) is 20.5. The standard InChI is InChI=1S/C27H34N4O3S/c1-20(21-7-4-3-5-8-21)28-27(35)31(12-6-11-30-13-15-34-16-14-30)19-23-17-22-9-10-24(33-2)18-25(22)29-26(23)32/h3-5,7-10,17-18,20H,6,11-16,19H2,1-2H3,(H,28,35)(H,29,32). The van der Waals surface area contributed by atoms with Gasteiger partial charge in [0.15, 0.2) is 5.11 Å². The van der Waals surface area contributed by atoms with Crippen LogP contribution in [0.1, 0.15) is 30.5 Å². The molecule has 0 spiro atoms. The number of nitrogens with zero attached hydrogens (tertiary/aromatic N) is 2. The van der Waals surface area contributed by atoms with E-state index in [1.165, 1.54) is 5.56 Å². The van der Waals surface area contributed by atoms with Gasteiger partial charge < -0.3 is 24.7 Å². The number of aromatic amines is 1. The largest absolute Gasteiger partial charge is 0.497 e. The van der Waals surface area contributed by atoms with E-state index in [2.05, 4.69) is 39.2 Å². The number of benzene rings is 2. The number of pyridine rings is 1. The van der Waals surface area contributed by atoms with E-state index >= 15 is 0 Å². The number of H-pyrrole nitrogens is 1. The van der Waals surface area contributed by atoms with Gasteiger partial charge >= 0.3 is 0 Å². The van der Waals surface area contributed by atoms with Crippen LogP contribution in [-0.2, 0) is 11.3 Å². The smallest absolute Gasteiger partial charge is 0.253 e. The summed E-state index contributed by atoms with van der Waals surface area (Å²) in [5.74, 6) is 0.714. The third kappa shape index (κ3) is 6.81. The predicted molar refractivity (Wildman–Crippen MR) is 144 cm³/mol. The molecule has 1 atom stereocenters. The third-order valence-corrected chi connectivity index (χ3v) is 6.80. The van der Waals surface area contributed by atoms with Gasteiger partial charge in [0.25, 0.3) is 5.56 Å². The van der Waals surface area contributed by atoms with Gasteiger partial charge in [0.1, 0.15) is 5.75 Å². The maximum atomic E-state index is 12.9. The van der Waals surface area contributed by atoms with E-state index in [1.54, 1.807) is 7.11 Å². The van der Waals surface area contributed by atoms with Crippen molar-refractivity contribution in [1.29, 1.82) is 0 Å². The highest BCUT2D eigenvalue weighted by Crippen LogP contribution is 2.19. The van der Waals surface area contributed by atoms with Crippen LogP contribution >= 0.6 is 12.2 Å². The molecule has 4 rings (SSSR count). The van der Waals surface area contributed by atoms with Crippen molar-refractivity contribution in [3.8, 4) is 5.75 Å². The molecule has 0 bridgehead atoms. The fourth-order valence-electron chi connectivity index (χ4n) is 4.34. The number of hydrogen-bond donors (Lipinski definition) is 2. The molecule has 2 N–H and O–H groups in total. The molecule has 0 amide bonds. The molecule has 0 radical (unpaired) electrons. The fraction of sp³-hybridized carbons (Fsp3) is 0.407. The Hall–Kier alpha value is -2.94. The topological polar surface area (TPSA) is 69.8 Å². The van der Waals surface area contributed by atoms with Crippen molar-refractivity contribution in [2.45, 2.75) is 25.9 Å².